The third-order valence-electron chi connectivity index (χ3n) is 2.87. The largest absolute Gasteiger partial charge is 0.337 e. The first-order chi connectivity index (χ1) is 9.49. The first kappa shape index (κ1) is 15.8. The van der Waals surface area contributed by atoms with Gasteiger partial charge in [-0.05, 0) is 52.4 Å². The second-order valence-electron chi connectivity index (χ2n) is 4.38. The van der Waals surface area contributed by atoms with Crippen molar-refractivity contribution in [1.82, 2.24) is 4.90 Å². The SMILES string of the molecule is CN(Cc1ccccc1Cl)C(=O)c1cc(Br)ccc1I. The molecule has 0 bridgehead atoms. The molecule has 0 aliphatic heterocycles. The van der Waals surface area contributed by atoms with Crippen molar-refractivity contribution < 1.29 is 4.79 Å². The minimum Gasteiger partial charge on any atom is -0.337 e. The van der Waals surface area contributed by atoms with Gasteiger partial charge >= 0.3 is 0 Å². The van der Waals surface area contributed by atoms with E-state index in [-0.39, 0.29) is 5.91 Å². The smallest absolute Gasteiger partial charge is 0.255 e. The van der Waals surface area contributed by atoms with Gasteiger partial charge in [-0.2, -0.15) is 0 Å². The van der Waals surface area contributed by atoms with Crippen molar-refractivity contribution in [2.75, 3.05) is 7.05 Å². The van der Waals surface area contributed by atoms with Crippen LogP contribution in [0.15, 0.2) is 46.9 Å². The molecule has 0 spiro atoms. The predicted molar refractivity (Wildman–Crippen MR) is 94.1 cm³/mol. The van der Waals surface area contributed by atoms with Gasteiger partial charge in [0.2, 0.25) is 0 Å². The van der Waals surface area contributed by atoms with Crippen LogP contribution in [0, 0.1) is 3.57 Å². The van der Waals surface area contributed by atoms with Crippen molar-refractivity contribution in [3.63, 3.8) is 0 Å². The molecule has 20 heavy (non-hydrogen) atoms. The van der Waals surface area contributed by atoms with Crippen molar-refractivity contribution in [2.24, 2.45) is 0 Å². The topological polar surface area (TPSA) is 20.3 Å². The Morgan fingerprint density at radius 3 is 2.70 bits per heavy atom. The van der Waals surface area contributed by atoms with Crippen molar-refractivity contribution in [3.8, 4) is 0 Å². The van der Waals surface area contributed by atoms with Crippen LogP contribution in [0.4, 0.5) is 0 Å². The molecule has 2 aromatic carbocycles. The van der Waals surface area contributed by atoms with Crippen molar-refractivity contribution >= 4 is 56.0 Å². The summed E-state index contributed by atoms with van der Waals surface area (Å²) in [5, 5.41) is 0.677. The van der Waals surface area contributed by atoms with E-state index >= 15 is 0 Å². The monoisotopic (exact) mass is 463 g/mol. The van der Waals surface area contributed by atoms with Gasteiger partial charge in [0, 0.05) is 26.7 Å². The van der Waals surface area contributed by atoms with Crippen LogP contribution in [0.25, 0.3) is 0 Å². The maximum atomic E-state index is 12.5. The van der Waals surface area contributed by atoms with Crippen LogP contribution < -0.4 is 0 Å². The summed E-state index contributed by atoms with van der Waals surface area (Å²) in [7, 11) is 1.78. The Morgan fingerprint density at radius 2 is 2.00 bits per heavy atom. The van der Waals surface area contributed by atoms with Crippen molar-refractivity contribution in [3.05, 3.63) is 66.7 Å². The van der Waals surface area contributed by atoms with E-state index in [1.165, 1.54) is 0 Å². The molecule has 104 valence electrons. The predicted octanol–water partition coefficient (Wildman–Crippen LogP) is 4.98. The van der Waals surface area contributed by atoms with Crippen LogP contribution in [-0.4, -0.2) is 17.9 Å². The minimum atomic E-state index is -0.0179. The normalized spacial score (nSPS) is 10.4. The van der Waals surface area contributed by atoms with Crippen molar-refractivity contribution in [1.29, 1.82) is 0 Å². The fraction of sp³-hybridized carbons (Fsp3) is 0.133. The fourth-order valence-corrected chi connectivity index (χ4v) is 2.94. The van der Waals surface area contributed by atoms with Gasteiger partial charge in [-0.3, -0.25) is 4.79 Å². The quantitative estimate of drug-likeness (QED) is 0.587. The van der Waals surface area contributed by atoms with Gasteiger partial charge in [0.1, 0.15) is 0 Å². The van der Waals surface area contributed by atoms with E-state index in [4.69, 9.17) is 11.6 Å². The Hall–Kier alpha value is -0.590. The molecule has 0 unspecified atom stereocenters. The molecule has 0 heterocycles. The number of rotatable bonds is 3. The second-order valence-corrected chi connectivity index (χ2v) is 6.86. The average Bonchev–Trinajstić information content (AvgIpc) is 2.43. The molecule has 5 heteroatoms. The summed E-state index contributed by atoms with van der Waals surface area (Å²) in [5.74, 6) is -0.0179. The molecule has 0 fully saturated rings. The molecular formula is C15H12BrClINO. The van der Waals surface area contributed by atoms with E-state index in [2.05, 4.69) is 38.5 Å². The van der Waals surface area contributed by atoms with Crippen LogP contribution in [0.1, 0.15) is 15.9 Å². The Morgan fingerprint density at radius 1 is 1.30 bits per heavy atom. The number of halogens is 3. The molecule has 0 radical (unpaired) electrons. The summed E-state index contributed by atoms with van der Waals surface area (Å²) in [6.07, 6.45) is 0. The number of hydrogen-bond acceptors (Lipinski definition) is 1. The number of benzene rings is 2. The van der Waals surface area contributed by atoms with Crippen LogP contribution in [0.2, 0.25) is 5.02 Å². The van der Waals surface area contributed by atoms with Gasteiger partial charge in [-0.1, -0.05) is 45.7 Å². The molecule has 2 aromatic rings. The van der Waals surface area contributed by atoms with E-state index < -0.39 is 0 Å². The van der Waals surface area contributed by atoms with Crippen LogP contribution >= 0.6 is 50.1 Å². The van der Waals surface area contributed by atoms with E-state index in [0.29, 0.717) is 17.1 Å². The average molecular weight is 465 g/mol. The first-order valence-electron chi connectivity index (χ1n) is 5.93. The molecule has 0 N–H and O–H groups in total. The third kappa shape index (κ3) is 3.74. The lowest BCUT2D eigenvalue weighted by Crippen LogP contribution is -2.27. The first-order valence-corrected chi connectivity index (χ1v) is 8.18. The zero-order chi connectivity index (χ0) is 14.7. The van der Waals surface area contributed by atoms with Gasteiger partial charge in [-0.25, -0.2) is 0 Å². The summed E-state index contributed by atoms with van der Waals surface area (Å²) in [6, 6.07) is 13.2. The fourth-order valence-electron chi connectivity index (χ4n) is 1.82. The number of amides is 1. The number of hydrogen-bond donors (Lipinski definition) is 0. The maximum Gasteiger partial charge on any atom is 0.255 e. The Kier molecular flexibility index (Phi) is 5.46. The maximum absolute atomic E-state index is 12.5. The molecule has 0 saturated heterocycles. The summed E-state index contributed by atoms with van der Waals surface area (Å²) >= 11 is 11.7. The standard InChI is InChI=1S/C15H12BrClINO/c1-19(9-10-4-2-3-5-13(10)17)15(20)12-8-11(16)6-7-14(12)18/h2-8H,9H2,1H3. The highest BCUT2D eigenvalue weighted by Crippen LogP contribution is 2.22. The van der Waals surface area contributed by atoms with E-state index in [1.54, 1.807) is 11.9 Å². The molecule has 0 aromatic heterocycles. The second kappa shape index (κ2) is 6.91. The summed E-state index contributed by atoms with van der Waals surface area (Å²) < 4.78 is 1.83. The Labute approximate surface area is 145 Å². The summed E-state index contributed by atoms with van der Waals surface area (Å²) in [4.78, 5) is 14.2. The van der Waals surface area contributed by atoms with Gasteiger partial charge < -0.3 is 4.90 Å². The van der Waals surface area contributed by atoms with Crippen LogP contribution in [0.5, 0.6) is 0 Å². The van der Waals surface area contributed by atoms with E-state index in [0.717, 1.165) is 13.6 Å². The summed E-state index contributed by atoms with van der Waals surface area (Å²) in [5.41, 5.74) is 1.63. The lowest BCUT2D eigenvalue weighted by atomic mass is 10.1. The lowest BCUT2D eigenvalue weighted by Gasteiger charge is -2.19. The zero-order valence-electron chi connectivity index (χ0n) is 10.7. The Balaban J connectivity index is 2.21. The minimum absolute atomic E-state index is 0.0179. The molecule has 0 aliphatic rings. The number of nitrogens with zero attached hydrogens (tertiary/aromatic N) is 1. The highest BCUT2D eigenvalue weighted by atomic mass is 127. The van der Waals surface area contributed by atoms with E-state index in [1.807, 2.05) is 42.5 Å². The number of carbonyl (C=O) groups excluding carboxylic acids is 1. The highest BCUT2D eigenvalue weighted by Gasteiger charge is 2.16. The van der Waals surface area contributed by atoms with E-state index in [9.17, 15) is 4.79 Å². The zero-order valence-corrected chi connectivity index (χ0v) is 15.2. The van der Waals surface area contributed by atoms with Gasteiger partial charge in [0.15, 0.2) is 0 Å². The van der Waals surface area contributed by atoms with Gasteiger partial charge in [0.05, 0.1) is 5.56 Å². The molecular weight excluding hydrogens is 452 g/mol. The third-order valence-corrected chi connectivity index (χ3v) is 4.67. The summed E-state index contributed by atoms with van der Waals surface area (Å²) in [6.45, 7) is 0.487. The van der Waals surface area contributed by atoms with Gasteiger partial charge in [0.25, 0.3) is 5.91 Å². The highest BCUT2D eigenvalue weighted by molar-refractivity contribution is 14.1. The molecule has 0 atom stereocenters. The molecule has 0 aliphatic carbocycles. The van der Waals surface area contributed by atoms with Gasteiger partial charge in [-0.15, -0.1) is 0 Å². The van der Waals surface area contributed by atoms with Crippen LogP contribution in [-0.2, 0) is 6.54 Å². The molecule has 1 amide bonds. The molecule has 0 saturated carbocycles. The number of carbonyl (C=O) groups is 1. The van der Waals surface area contributed by atoms with Crippen LogP contribution in [0.3, 0.4) is 0 Å². The van der Waals surface area contributed by atoms with Crippen molar-refractivity contribution in [2.45, 2.75) is 6.54 Å². The lowest BCUT2D eigenvalue weighted by molar-refractivity contribution is 0.0784. The molecule has 2 nitrogen and oxygen atoms in total. The Bertz CT molecular complexity index is 648. The molecule has 2 rings (SSSR count).